The number of Topliss-reactive ketones (excluding diaryl/α,β-unsaturated/α-hetero) is 1. The van der Waals surface area contributed by atoms with Gasteiger partial charge in [0.2, 0.25) is 6.29 Å². The first-order chi connectivity index (χ1) is 26.3. The van der Waals surface area contributed by atoms with Crippen molar-refractivity contribution in [2.75, 3.05) is 38.1 Å². The van der Waals surface area contributed by atoms with E-state index in [1.165, 1.54) is 29.9 Å². The number of carbonyl (C=O) groups is 2. The number of aromatic hydroxyl groups is 1. The number of ketones is 1. The van der Waals surface area contributed by atoms with E-state index < -0.39 is 59.9 Å². The lowest BCUT2D eigenvalue weighted by Gasteiger charge is -2.67. The molecule has 302 valence electrons. The lowest BCUT2D eigenvalue weighted by atomic mass is 9.47. The SMILES string of the molecule is CC(=O)c1c(C)cc2cc(C(=O)O)cc(O[C@H]3O[C@H](CO)[C@@]4(CC[C@@]56C[C@@]7(CCC[C@H]7NN5)C[C@@H]5COC[C@@](CCO)(CSSCO4)[C@@H]56)[C@H](O)[C@H]3O)c2c1O. The molecule has 8 N–H and O–H groups in total. The highest BCUT2D eigenvalue weighted by atomic mass is 33.1. The summed E-state index contributed by atoms with van der Waals surface area (Å²) >= 11 is 0. The summed E-state index contributed by atoms with van der Waals surface area (Å²) in [5, 5.41) is 67.1. The molecule has 0 amide bonds. The maximum absolute atomic E-state index is 12.5. The Bertz CT molecular complexity index is 1830. The fourth-order valence-corrected chi connectivity index (χ4v) is 14.1. The van der Waals surface area contributed by atoms with Crippen molar-refractivity contribution in [1.29, 1.82) is 0 Å². The Morgan fingerprint density at radius 1 is 1.11 bits per heavy atom. The summed E-state index contributed by atoms with van der Waals surface area (Å²) in [4.78, 5) is 24.7. The first-order valence-corrected chi connectivity index (χ1v) is 21.7. The number of carboxylic acid groups (broad SMARTS) is 1. The summed E-state index contributed by atoms with van der Waals surface area (Å²) in [7, 11) is 3.08. The van der Waals surface area contributed by atoms with E-state index in [9.17, 15) is 40.2 Å². The Morgan fingerprint density at radius 3 is 2.67 bits per heavy atom. The first-order valence-electron chi connectivity index (χ1n) is 19.3. The summed E-state index contributed by atoms with van der Waals surface area (Å²) in [5.74, 6) is -1.10. The molecule has 11 atom stereocenters. The first kappa shape index (κ1) is 39.6. The van der Waals surface area contributed by atoms with Crippen LogP contribution in [0.4, 0.5) is 0 Å². The molecule has 0 radical (unpaired) electrons. The van der Waals surface area contributed by atoms with Crippen LogP contribution in [0.5, 0.6) is 11.5 Å². The van der Waals surface area contributed by atoms with Gasteiger partial charge in [0, 0.05) is 36.0 Å². The lowest BCUT2D eigenvalue weighted by molar-refractivity contribution is -0.323. The number of fused-ring (bicyclic) bond motifs is 1. The molecule has 4 saturated heterocycles. The van der Waals surface area contributed by atoms with Gasteiger partial charge in [0.1, 0.15) is 41.4 Å². The zero-order valence-corrected chi connectivity index (χ0v) is 32.8. The number of phenolic OH excluding ortho intramolecular Hbond substituents is 1. The summed E-state index contributed by atoms with van der Waals surface area (Å²) < 4.78 is 25.5. The Hall–Kier alpha value is -2.22. The lowest BCUT2D eigenvalue weighted by Crippen LogP contribution is -2.77. The van der Waals surface area contributed by atoms with Gasteiger partial charge in [-0.25, -0.2) is 4.79 Å². The van der Waals surface area contributed by atoms with Crippen molar-refractivity contribution in [3.63, 3.8) is 0 Å². The number of benzene rings is 2. The Labute approximate surface area is 327 Å². The molecule has 55 heavy (non-hydrogen) atoms. The number of phenols is 1. The number of carbonyl (C=O) groups excluding carboxylic acids is 1. The van der Waals surface area contributed by atoms with Crippen molar-refractivity contribution in [1.82, 2.24) is 10.9 Å². The van der Waals surface area contributed by atoms with Crippen molar-refractivity contribution in [3.05, 3.63) is 34.9 Å². The largest absolute Gasteiger partial charge is 0.506 e. The fraction of sp³-hybridized carbons (Fsp3) is 0.692. The van der Waals surface area contributed by atoms with Crippen LogP contribution in [-0.4, -0.2) is 122 Å². The quantitative estimate of drug-likeness (QED) is 0.149. The van der Waals surface area contributed by atoms with E-state index in [0.29, 0.717) is 37.7 Å². The van der Waals surface area contributed by atoms with E-state index in [-0.39, 0.29) is 69.3 Å². The number of hydrazine groups is 1. The minimum atomic E-state index is -1.75. The number of aliphatic hydroxyl groups is 4. The van der Waals surface area contributed by atoms with Gasteiger partial charge in [0.25, 0.3) is 0 Å². The molecule has 2 aliphatic carbocycles. The highest BCUT2D eigenvalue weighted by Gasteiger charge is 2.67. The van der Waals surface area contributed by atoms with Gasteiger partial charge in [-0.3, -0.25) is 15.6 Å². The molecule has 16 heteroatoms. The number of ether oxygens (including phenoxy) is 4. The molecule has 0 aromatic heterocycles. The molecule has 4 aliphatic heterocycles. The standard InChI is InChI=1S/C39H52N2O12S2/c1-20-10-22-11-23(34(48)49)12-25(29(22)30(45)28(20)21(2)44)52-35-31(46)33(47)39(27(14-43)53-35)7-6-38-16-36(5-3-4-26(36)40-41-38)13-24-15-50-17-37(8-9-42,32(24)38)18-54-55-19-51-39/h10-12,24,26-27,31-33,35,40-43,45-47H,3-9,13-19H2,1-2H3,(H,48,49)/t24-,26-,27-,31-,32-,33-,35+,36-,37+,38+,39+/m1/s1. The Balaban J connectivity index is 1.16. The van der Waals surface area contributed by atoms with E-state index in [2.05, 4.69) is 10.9 Å². The van der Waals surface area contributed by atoms with Crippen molar-refractivity contribution in [2.45, 2.75) is 107 Å². The topological polar surface area (TPSA) is 216 Å². The van der Waals surface area contributed by atoms with Gasteiger partial charge < -0.3 is 49.6 Å². The number of aliphatic hydroxyl groups excluding tert-OH is 4. The molecule has 6 aliphatic rings. The molecule has 8 rings (SSSR count). The second-order valence-corrected chi connectivity index (χ2v) is 19.3. The van der Waals surface area contributed by atoms with Gasteiger partial charge in [0.15, 0.2) is 5.78 Å². The smallest absolute Gasteiger partial charge is 0.335 e. The third-order valence-electron chi connectivity index (χ3n) is 13.9. The van der Waals surface area contributed by atoms with Crippen LogP contribution in [0, 0.1) is 29.6 Å². The van der Waals surface area contributed by atoms with Gasteiger partial charge in [-0.15, -0.1) is 0 Å². The maximum atomic E-state index is 12.5. The second kappa shape index (κ2) is 14.9. The molecule has 2 aromatic carbocycles. The molecule has 14 nitrogen and oxygen atoms in total. The third-order valence-corrected chi connectivity index (χ3v) is 16.1. The number of nitrogens with one attached hydrogen (secondary N) is 2. The van der Waals surface area contributed by atoms with Crippen LogP contribution in [0.25, 0.3) is 10.8 Å². The highest BCUT2D eigenvalue weighted by Crippen LogP contribution is 2.65. The normalized spacial score (nSPS) is 40.2. The highest BCUT2D eigenvalue weighted by molar-refractivity contribution is 8.76. The van der Waals surface area contributed by atoms with Crippen LogP contribution in [0.2, 0.25) is 0 Å². The Morgan fingerprint density at radius 2 is 1.93 bits per heavy atom. The van der Waals surface area contributed by atoms with Gasteiger partial charge in [0.05, 0.1) is 29.7 Å². The van der Waals surface area contributed by atoms with E-state index in [0.717, 1.165) is 37.9 Å². The number of hydrogen-bond donors (Lipinski definition) is 8. The van der Waals surface area contributed by atoms with Gasteiger partial charge in [-0.05, 0) is 99.1 Å². The van der Waals surface area contributed by atoms with Crippen LogP contribution >= 0.6 is 21.6 Å². The van der Waals surface area contributed by atoms with E-state index in [1.807, 2.05) is 0 Å². The monoisotopic (exact) mass is 804 g/mol. The molecule has 2 saturated carbocycles. The molecular formula is C39H52N2O12S2. The van der Waals surface area contributed by atoms with Crippen LogP contribution < -0.4 is 15.6 Å². The molecule has 2 aromatic rings. The van der Waals surface area contributed by atoms with E-state index in [1.54, 1.807) is 23.8 Å². The summed E-state index contributed by atoms with van der Waals surface area (Å²) in [5.41, 5.74) is 5.50. The zero-order chi connectivity index (χ0) is 38.9. The average molecular weight is 805 g/mol. The van der Waals surface area contributed by atoms with E-state index in [4.69, 9.17) is 18.9 Å². The van der Waals surface area contributed by atoms with E-state index >= 15 is 0 Å². The number of hydrogen-bond acceptors (Lipinski definition) is 15. The van der Waals surface area contributed by atoms with Crippen LogP contribution in [0.3, 0.4) is 0 Å². The third kappa shape index (κ3) is 6.38. The zero-order valence-electron chi connectivity index (χ0n) is 31.1. The predicted molar refractivity (Wildman–Crippen MR) is 204 cm³/mol. The fourth-order valence-electron chi connectivity index (χ4n) is 11.8. The number of aryl methyl sites for hydroxylation is 1. The van der Waals surface area contributed by atoms with Gasteiger partial charge >= 0.3 is 5.97 Å². The number of aromatic carboxylic acids is 1. The molecular weight excluding hydrogens is 753 g/mol. The molecule has 3 spiro atoms. The number of carboxylic acids is 1. The van der Waals surface area contributed by atoms with Gasteiger partial charge in [-0.1, -0.05) is 34.1 Å². The Kier molecular flexibility index (Phi) is 10.7. The molecule has 6 fully saturated rings. The number of rotatable bonds is 7. The second-order valence-electron chi connectivity index (χ2n) is 16.9. The van der Waals surface area contributed by atoms with Crippen molar-refractivity contribution in [3.8, 4) is 11.5 Å². The maximum Gasteiger partial charge on any atom is 0.335 e. The molecule has 4 heterocycles. The summed E-state index contributed by atoms with van der Waals surface area (Å²) in [6.45, 7) is 3.52. The summed E-state index contributed by atoms with van der Waals surface area (Å²) in [6, 6.07) is 4.41. The van der Waals surface area contributed by atoms with Crippen molar-refractivity contribution in [2.24, 2.45) is 22.7 Å². The minimum absolute atomic E-state index is 0.0281. The van der Waals surface area contributed by atoms with Gasteiger partial charge in [-0.2, -0.15) is 0 Å². The van der Waals surface area contributed by atoms with Crippen LogP contribution in [-0.2, 0) is 14.2 Å². The van der Waals surface area contributed by atoms with Crippen LogP contribution in [0.1, 0.15) is 84.6 Å². The summed E-state index contributed by atoms with van der Waals surface area (Å²) in [6.07, 6.45) is 0.304. The van der Waals surface area contributed by atoms with Crippen molar-refractivity contribution < 1.29 is 59.2 Å². The van der Waals surface area contributed by atoms with Crippen LogP contribution in [0.15, 0.2) is 18.2 Å². The molecule has 2 bridgehead atoms. The predicted octanol–water partition coefficient (Wildman–Crippen LogP) is 3.27. The minimum Gasteiger partial charge on any atom is -0.506 e. The molecule has 0 unspecified atom stereocenters. The average Bonchev–Trinajstić information content (AvgIpc) is 3.53. The van der Waals surface area contributed by atoms with Crippen molar-refractivity contribution >= 4 is 44.1 Å².